The van der Waals surface area contributed by atoms with Crippen molar-refractivity contribution in [3.63, 3.8) is 0 Å². The van der Waals surface area contributed by atoms with Crippen LogP contribution in [0.1, 0.15) is 104 Å². The number of unbranched alkanes of at least 4 members (excludes halogenated alkanes) is 1. The van der Waals surface area contributed by atoms with Crippen molar-refractivity contribution in [3.8, 4) is 0 Å². The summed E-state index contributed by atoms with van der Waals surface area (Å²) in [5, 5.41) is 34.8. The predicted octanol–water partition coefficient (Wildman–Crippen LogP) is 5.84. The van der Waals surface area contributed by atoms with Crippen LogP contribution in [0.25, 0.3) is 0 Å². The molecular formula is C39H61N3O7. The Bertz CT molecular complexity index is 1240. The van der Waals surface area contributed by atoms with Gasteiger partial charge in [-0.05, 0) is 142 Å². The van der Waals surface area contributed by atoms with Gasteiger partial charge >= 0.3 is 17.9 Å². The van der Waals surface area contributed by atoms with E-state index in [0.29, 0.717) is 71.0 Å². The van der Waals surface area contributed by atoms with Crippen molar-refractivity contribution >= 4 is 17.9 Å². The molecule has 0 saturated heterocycles. The van der Waals surface area contributed by atoms with Crippen LogP contribution in [0.3, 0.4) is 0 Å². The second-order valence-electron chi connectivity index (χ2n) is 15.8. The van der Waals surface area contributed by atoms with Gasteiger partial charge in [-0.3, -0.25) is 9.78 Å². The minimum Gasteiger partial charge on any atom is -0.478 e. The number of aliphatic hydroxyl groups excluding tert-OH is 1. The number of pyridine rings is 1. The highest BCUT2D eigenvalue weighted by Crippen LogP contribution is 2.68. The molecule has 1 aromatic heterocycles. The number of esters is 1. The van der Waals surface area contributed by atoms with Crippen molar-refractivity contribution in [2.45, 2.75) is 117 Å². The molecule has 5 rings (SSSR count). The minimum atomic E-state index is -1.26. The van der Waals surface area contributed by atoms with Crippen molar-refractivity contribution in [2.24, 2.45) is 46.3 Å². The minimum absolute atomic E-state index is 0.0827. The number of carboxylic acid groups (broad SMARTS) is 2. The van der Waals surface area contributed by atoms with Crippen molar-refractivity contribution in [1.29, 1.82) is 0 Å². The van der Waals surface area contributed by atoms with E-state index in [9.17, 15) is 19.5 Å². The van der Waals surface area contributed by atoms with Crippen LogP contribution in [0.2, 0.25) is 0 Å². The SMILES string of the molecule is COC(=O)CC[C@@H](C)[C@H]1CC[C@H]2[C@@H]3[C@H](O)C[C@H]4C[C@@H](NCCCCNCc5ccccn5)CC[C@]4(C)[C@H]3CC[C@]12C.O=C(O)/C=C/C(=O)O. The van der Waals surface area contributed by atoms with Crippen LogP contribution in [0.15, 0.2) is 36.5 Å². The number of nitrogens with zero attached hydrogens (tertiary/aromatic N) is 1. The summed E-state index contributed by atoms with van der Waals surface area (Å²) in [5.74, 6) is 0.956. The number of hydrogen-bond donors (Lipinski definition) is 5. The number of carboxylic acids is 2. The number of aliphatic hydroxyl groups is 1. The number of carbonyl (C=O) groups excluding carboxylic acids is 1. The van der Waals surface area contributed by atoms with Gasteiger partial charge in [-0.2, -0.15) is 0 Å². The molecule has 4 fully saturated rings. The Balaban J connectivity index is 0.000000603. The molecule has 49 heavy (non-hydrogen) atoms. The molecular weight excluding hydrogens is 622 g/mol. The van der Waals surface area contributed by atoms with E-state index in [1.54, 1.807) is 0 Å². The van der Waals surface area contributed by atoms with E-state index < -0.39 is 11.9 Å². The largest absolute Gasteiger partial charge is 0.478 e. The quantitative estimate of drug-likeness (QED) is 0.0917. The molecule has 4 aliphatic rings. The summed E-state index contributed by atoms with van der Waals surface area (Å²) >= 11 is 0. The normalized spacial score (nSPS) is 34.1. The second-order valence-corrected chi connectivity index (χ2v) is 15.8. The van der Waals surface area contributed by atoms with E-state index in [2.05, 4.69) is 42.5 Å². The molecule has 1 heterocycles. The lowest BCUT2D eigenvalue weighted by molar-refractivity contribution is -0.167. The van der Waals surface area contributed by atoms with Crippen molar-refractivity contribution in [3.05, 3.63) is 42.2 Å². The standard InChI is InChI=1S/C35H57N3O3.C4H4O4/c1-24(10-13-32(40)41-4)28-11-12-29-33-30(15-17-35(28,29)3)34(2)16-14-26(21-25(34)22-31(33)39)37-20-8-7-18-36-23-27-9-5-6-19-38-27;5-3(6)1-2-4(7)8/h5-6,9,19,24-26,28-31,33,36-37,39H,7-8,10-18,20-23H2,1-4H3;1-2H,(H,5,6)(H,7,8)/b;2-1+/t24-,25-,26+,28-,29+,30+,31-,33+,34+,35-;/m1./s1. The van der Waals surface area contributed by atoms with Crippen LogP contribution < -0.4 is 10.6 Å². The highest BCUT2D eigenvalue weighted by molar-refractivity contribution is 5.89. The average molecular weight is 684 g/mol. The Kier molecular flexibility index (Phi) is 14.2. The Morgan fingerprint density at radius 2 is 1.67 bits per heavy atom. The van der Waals surface area contributed by atoms with Crippen LogP contribution in [-0.2, 0) is 25.7 Å². The van der Waals surface area contributed by atoms with Crippen LogP contribution in [-0.4, -0.2) is 70.6 Å². The Labute approximate surface area is 292 Å². The predicted molar refractivity (Wildman–Crippen MR) is 188 cm³/mol. The third kappa shape index (κ3) is 9.91. The van der Waals surface area contributed by atoms with Gasteiger partial charge < -0.3 is 30.7 Å². The summed E-state index contributed by atoms with van der Waals surface area (Å²) in [6.45, 7) is 10.5. The van der Waals surface area contributed by atoms with E-state index >= 15 is 0 Å². The van der Waals surface area contributed by atoms with Crippen LogP contribution in [0, 0.1) is 46.3 Å². The molecule has 0 unspecified atom stereocenters. The lowest BCUT2D eigenvalue weighted by Crippen LogP contribution is -2.59. The van der Waals surface area contributed by atoms with Gasteiger partial charge in [-0.15, -0.1) is 0 Å². The van der Waals surface area contributed by atoms with E-state index in [1.165, 1.54) is 64.9 Å². The van der Waals surface area contributed by atoms with E-state index in [0.717, 1.165) is 38.2 Å². The fourth-order valence-electron chi connectivity index (χ4n) is 10.6. The fourth-order valence-corrected chi connectivity index (χ4v) is 10.6. The molecule has 4 aliphatic carbocycles. The number of hydrogen-bond acceptors (Lipinski definition) is 8. The summed E-state index contributed by atoms with van der Waals surface area (Å²) in [5.41, 5.74) is 1.77. The fraction of sp³-hybridized carbons (Fsp3) is 0.744. The number of fused-ring (bicyclic) bond motifs is 5. The summed E-state index contributed by atoms with van der Waals surface area (Å²) in [7, 11) is 1.49. The topological polar surface area (TPSA) is 158 Å². The first-order valence-corrected chi connectivity index (χ1v) is 18.6. The summed E-state index contributed by atoms with van der Waals surface area (Å²) in [6, 6.07) is 6.67. The number of methoxy groups -OCH3 is 1. The number of aliphatic carboxylic acids is 2. The maximum absolute atomic E-state index is 11.8. The molecule has 10 atom stereocenters. The lowest BCUT2D eigenvalue weighted by atomic mass is 9.43. The highest BCUT2D eigenvalue weighted by Gasteiger charge is 2.62. The summed E-state index contributed by atoms with van der Waals surface area (Å²) in [4.78, 5) is 35.3. The van der Waals surface area contributed by atoms with E-state index in [4.69, 9.17) is 14.9 Å². The zero-order chi connectivity index (χ0) is 35.6. The van der Waals surface area contributed by atoms with Gasteiger partial charge in [0.25, 0.3) is 0 Å². The first-order chi connectivity index (χ1) is 23.4. The van der Waals surface area contributed by atoms with Gasteiger partial charge in [-0.1, -0.05) is 26.8 Å². The van der Waals surface area contributed by atoms with E-state index in [-0.39, 0.29) is 12.1 Å². The Morgan fingerprint density at radius 1 is 0.980 bits per heavy atom. The number of aromatic nitrogens is 1. The van der Waals surface area contributed by atoms with Crippen LogP contribution in [0.4, 0.5) is 0 Å². The van der Waals surface area contributed by atoms with Crippen molar-refractivity contribution < 1.29 is 34.4 Å². The highest BCUT2D eigenvalue weighted by atomic mass is 16.5. The first kappa shape index (κ1) is 39.0. The van der Waals surface area contributed by atoms with E-state index in [1.807, 2.05) is 18.3 Å². The number of rotatable bonds is 14. The molecule has 0 spiro atoms. The molecule has 0 radical (unpaired) electrons. The van der Waals surface area contributed by atoms with Gasteiger partial charge in [0.1, 0.15) is 0 Å². The second kappa shape index (κ2) is 17.9. The van der Waals surface area contributed by atoms with Gasteiger partial charge in [0, 0.05) is 37.4 Å². The lowest BCUT2D eigenvalue weighted by Gasteiger charge is -2.62. The smallest absolute Gasteiger partial charge is 0.328 e. The maximum atomic E-state index is 11.8. The number of carbonyl (C=O) groups is 3. The van der Waals surface area contributed by atoms with Crippen molar-refractivity contribution in [1.82, 2.24) is 15.6 Å². The zero-order valence-electron chi connectivity index (χ0n) is 30.1. The molecule has 0 aromatic carbocycles. The summed E-state index contributed by atoms with van der Waals surface area (Å²) < 4.78 is 4.92. The van der Waals surface area contributed by atoms with Gasteiger partial charge in [0.05, 0.1) is 18.9 Å². The molecule has 0 amide bonds. The average Bonchev–Trinajstić information content (AvgIpc) is 3.44. The molecule has 5 N–H and O–H groups in total. The molecule has 10 nitrogen and oxygen atoms in total. The molecule has 0 bridgehead atoms. The Hall–Kier alpha value is -2.82. The van der Waals surface area contributed by atoms with Gasteiger partial charge in [0.2, 0.25) is 0 Å². The molecule has 274 valence electrons. The van der Waals surface area contributed by atoms with Gasteiger partial charge in [-0.25, -0.2) is 9.59 Å². The molecule has 0 aliphatic heterocycles. The summed E-state index contributed by atoms with van der Waals surface area (Å²) in [6.07, 6.45) is 16.5. The van der Waals surface area contributed by atoms with Gasteiger partial charge in [0.15, 0.2) is 0 Å². The zero-order valence-corrected chi connectivity index (χ0v) is 30.1. The monoisotopic (exact) mass is 683 g/mol. The van der Waals surface area contributed by atoms with Crippen LogP contribution in [0.5, 0.6) is 0 Å². The third-order valence-corrected chi connectivity index (χ3v) is 13.1. The Morgan fingerprint density at radius 3 is 2.35 bits per heavy atom. The van der Waals surface area contributed by atoms with Crippen LogP contribution >= 0.6 is 0 Å². The third-order valence-electron chi connectivity index (χ3n) is 13.1. The molecule has 4 saturated carbocycles. The number of ether oxygens (including phenoxy) is 1. The maximum Gasteiger partial charge on any atom is 0.328 e. The van der Waals surface area contributed by atoms with Crippen molar-refractivity contribution in [2.75, 3.05) is 20.2 Å². The first-order valence-electron chi connectivity index (χ1n) is 18.6. The number of nitrogens with one attached hydrogen (secondary N) is 2. The molecule has 10 heteroatoms. The molecule has 1 aromatic rings.